The maximum absolute atomic E-state index is 11.7. The SMILES string of the molecule is O=C(CNCc1csc(=O)[nH]1)N1CCOCC1. The molecule has 1 aliphatic heterocycles. The fraction of sp³-hybridized carbons (Fsp3) is 0.600. The number of H-pyrrole nitrogens is 1. The Labute approximate surface area is 103 Å². The highest BCUT2D eigenvalue weighted by Gasteiger charge is 2.15. The van der Waals surface area contributed by atoms with Crippen LogP contribution < -0.4 is 10.2 Å². The molecular formula is C10H15N3O3S. The van der Waals surface area contributed by atoms with Crippen molar-refractivity contribution in [2.24, 2.45) is 0 Å². The van der Waals surface area contributed by atoms with E-state index in [9.17, 15) is 9.59 Å². The van der Waals surface area contributed by atoms with Crippen molar-refractivity contribution in [1.82, 2.24) is 15.2 Å². The second-order valence-electron chi connectivity index (χ2n) is 3.77. The van der Waals surface area contributed by atoms with Crippen LogP contribution in [0.1, 0.15) is 5.69 Å². The minimum atomic E-state index is -0.0682. The molecule has 0 unspecified atom stereocenters. The zero-order valence-electron chi connectivity index (χ0n) is 9.40. The first kappa shape index (κ1) is 12.3. The highest BCUT2D eigenvalue weighted by molar-refractivity contribution is 7.07. The average molecular weight is 257 g/mol. The molecule has 1 fully saturated rings. The Morgan fingerprint density at radius 3 is 2.94 bits per heavy atom. The quantitative estimate of drug-likeness (QED) is 0.754. The van der Waals surface area contributed by atoms with Crippen LogP contribution >= 0.6 is 11.3 Å². The van der Waals surface area contributed by atoms with E-state index < -0.39 is 0 Å². The molecule has 6 nitrogen and oxygen atoms in total. The molecule has 0 atom stereocenters. The van der Waals surface area contributed by atoms with Crippen LogP contribution in [0.25, 0.3) is 0 Å². The minimum absolute atomic E-state index is 0.0682. The van der Waals surface area contributed by atoms with Gasteiger partial charge in [-0.15, -0.1) is 0 Å². The third kappa shape index (κ3) is 3.65. The van der Waals surface area contributed by atoms with E-state index in [2.05, 4.69) is 10.3 Å². The standard InChI is InChI=1S/C10H15N3O3S/c14-9(13-1-3-16-4-2-13)6-11-5-8-7-17-10(15)12-8/h7,11H,1-6H2,(H,12,15). The van der Waals surface area contributed by atoms with Gasteiger partial charge in [0.05, 0.1) is 19.8 Å². The Balaban J connectivity index is 1.70. The van der Waals surface area contributed by atoms with Gasteiger partial charge >= 0.3 is 4.87 Å². The third-order valence-corrected chi connectivity index (χ3v) is 3.24. The number of nitrogens with one attached hydrogen (secondary N) is 2. The van der Waals surface area contributed by atoms with Gasteiger partial charge in [-0.05, 0) is 0 Å². The Morgan fingerprint density at radius 2 is 2.29 bits per heavy atom. The van der Waals surface area contributed by atoms with Crippen LogP contribution in [-0.2, 0) is 16.1 Å². The van der Waals surface area contributed by atoms with Crippen LogP contribution in [0.3, 0.4) is 0 Å². The van der Waals surface area contributed by atoms with Crippen molar-refractivity contribution in [3.8, 4) is 0 Å². The lowest BCUT2D eigenvalue weighted by Gasteiger charge is -2.26. The summed E-state index contributed by atoms with van der Waals surface area (Å²) in [5.41, 5.74) is 0.815. The van der Waals surface area contributed by atoms with Crippen LogP contribution in [0.5, 0.6) is 0 Å². The van der Waals surface area contributed by atoms with Gasteiger partial charge < -0.3 is 19.9 Å². The summed E-state index contributed by atoms with van der Waals surface area (Å²) in [5.74, 6) is 0.0749. The molecule has 1 aromatic heterocycles. The molecule has 0 aliphatic carbocycles. The number of carbonyl (C=O) groups is 1. The number of ether oxygens (including phenoxy) is 1. The van der Waals surface area contributed by atoms with E-state index >= 15 is 0 Å². The van der Waals surface area contributed by atoms with Gasteiger partial charge in [-0.25, -0.2) is 0 Å². The fourth-order valence-electron chi connectivity index (χ4n) is 1.63. The van der Waals surface area contributed by atoms with E-state index in [0.29, 0.717) is 32.8 Å². The molecule has 1 aromatic rings. The number of amides is 1. The molecule has 0 radical (unpaired) electrons. The minimum Gasteiger partial charge on any atom is -0.378 e. The highest BCUT2D eigenvalue weighted by atomic mass is 32.1. The molecular weight excluding hydrogens is 242 g/mol. The highest BCUT2D eigenvalue weighted by Crippen LogP contribution is 1.98. The largest absolute Gasteiger partial charge is 0.378 e. The molecule has 94 valence electrons. The summed E-state index contributed by atoms with van der Waals surface area (Å²) in [5, 5.41) is 4.78. The van der Waals surface area contributed by atoms with Crippen molar-refractivity contribution in [2.75, 3.05) is 32.8 Å². The van der Waals surface area contributed by atoms with Crippen molar-refractivity contribution in [2.45, 2.75) is 6.54 Å². The molecule has 0 saturated carbocycles. The maximum Gasteiger partial charge on any atom is 0.304 e. The van der Waals surface area contributed by atoms with Crippen molar-refractivity contribution in [1.29, 1.82) is 0 Å². The Morgan fingerprint density at radius 1 is 1.53 bits per heavy atom. The van der Waals surface area contributed by atoms with Gasteiger partial charge in [-0.2, -0.15) is 0 Å². The second kappa shape index (κ2) is 5.95. The first-order valence-corrected chi connectivity index (χ1v) is 6.36. The number of rotatable bonds is 4. The van der Waals surface area contributed by atoms with Crippen LogP contribution in [-0.4, -0.2) is 48.6 Å². The molecule has 0 aromatic carbocycles. The third-order valence-electron chi connectivity index (χ3n) is 2.53. The van der Waals surface area contributed by atoms with Crippen LogP contribution in [0.4, 0.5) is 0 Å². The summed E-state index contributed by atoms with van der Waals surface area (Å²) in [6.07, 6.45) is 0. The Kier molecular flexibility index (Phi) is 4.29. The number of thiazole rings is 1. The predicted octanol–water partition coefficient (Wildman–Crippen LogP) is -0.615. The van der Waals surface area contributed by atoms with Gasteiger partial charge in [0.2, 0.25) is 5.91 Å². The molecule has 0 spiro atoms. The first-order valence-electron chi connectivity index (χ1n) is 5.48. The molecule has 1 amide bonds. The Hall–Kier alpha value is -1.18. The van der Waals surface area contributed by atoms with Gasteiger partial charge in [0.15, 0.2) is 0 Å². The molecule has 2 rings (SSSR count). The molecule has 1 saturated heterocycles. The maximum atomic E-state index is 11.7. The van der Waals surface area contributed by atoms with E-state index in [0.717, 1.165) is 17.0 Å². The summed E-state index contributed by atoms with van der Waals surface area (Å²) in [6, 6.07) is 0. The normalized spacial score (nSPS) is 16.1. The predicted molar refractivity (Wildman–Crippen MR) is 64.0 cm³/mol. The van der Waals surface area contributed by atoms with Crippen molar-refractivity contribution >= 4 is 17.2 Å². The van der Waals surface area contributed by atoms with Gasteiger partial charge in [0.25, 0.3) is 0 Å². The van der Waals surface area contributed by atoms with Crippen LogP contribution in [0.15, 0.2) is 10.2 Å². The van der Waals surface area contributed by atoms with Crippen LogP contribution in [0, 0.1) is 0 Å². The van der Waals surface area contributed by atoms with Gasteiger partial charge in [-0.1, -0.05) is 11.3 Å². The number of hydrogen-bond acceptors (Lipinski definition) is 5. The summed E-state index contributed by atoms with van der Waals surface area (Å²) >= 11 is 1.13. The topological polar surface area (TPSA) is 74.4 Å². The fourth-order valence-corrected chi connectivity index (χ4v) is 2.21. The number of nitrogens with zero attached hydrogens (tertiary/aromatic N) is 1. The van der Waals surface area contributed by atoms with Crippen molar-refractivity contribution in [3.63, 3.8) is 0 Å². The molecule has 7 heteroatoms. The summed E-state index contributed by atoms with van der Waals surface area (Å²) in [4.78, 5) is 27.0. The lowest BCUT2D eigenvalue weighted by Crippen LogP contribution is -2.44. The van der Waals surface area contributed by atoms with Crippen molar-refractivity contribution < 1.29 is 9.53 Å². The molecule has 2 heterocycles. The van der Waals surface area contributed by atoms with E-state index in [4.69, 9.17) is 4.74 Å². The average Bonchev–Trinajstić information content (AvgIpc) is 2.76. The van der Waals surface area contributed by atoms with E-state index in [-0.39, 0.29) is 17.3 Å². The molecule has 17 heavy (non-hydrogen) atoms. The van der Waals surface area contributed by atoms with Gasteiger partial charge in [0.1, 0.15) is 0 Å². The Bertz CT molecular complexity index is 422. The first-order chi connectivity index (χ1) is 8.25. The van der Waals surface area contributed by atoms with Gasteiger partial charge in [0, 0.05) is 30.7 Å². The lowest BCUT2D eigenvalue weighted by atomic mass is 10.4. The van der Waals surface area contributed by atoms with Crippen LogP contribution in [0.2, 0.25) is 0 Å². The summed E-state index contributed by atoms with van der Waals surface area (Å²) < 4.78 is 5.17. The number of morpholine rings is 1. The lowest BCUT2D eigenvalue weighted by molar-refractivity contribution is -0.134. The smallest absolute Gasteiger partial charge is 0.304 e. The van der Waals surface area contributed by atoms with E-state index in [1.54, 1.807) is 10.3 Å². The van der Waals surface area contributed by atoms with E-state index in [1.165, 1.54) is 0 Å². The summed E-state index contributed by atoms with van der Waals surface area (Å²) in [7, 11) is 0. The molecule has 2 N–H and O–H groups in total. The van der Waals surface area contributed by atoms with Gasteiger partial charge in [-0.3, -0.25) is 9.59 Å². The zero-order valence-corrected chi connectivity index (χ0v) is 10.2. The molecule has 0 bridgehead atoms. The van der Waals surface area contributed by atoms with Crippen molar-refractivity contribution in [3.05, 3.63) is 20.7 Å². The number of hydrogen-bond donors (Lipinski definition) is 2. The number of carbonyl (C=O) groups excluding carboxylic acids is 1. The number of aromatic nitrogens is 1. The number of aromatic amines is 1. The summed E-state index contributed by atoms with van der Waals surface area (Å²) in [6.45, 7) is 3.35. The monoisotopic (exact) mass is 257 g/mol. The zero-order chi connectivity index (χ0) is 12.1. The molecule has 1 aliphatic rings. The van der Waals surface area contributed by atoms with E-state index in [1.807, 2.05) is 0 Å². The second-order valence-corrected chi connectivity index (χ2v) is 4.61.